The minimum absolute atomic E-state index is 0.287. The van der Waals surface area contributed by atoms with Crippen molar-refractivity contribution in [3.63, 3.8) is 0 Å². The standard InChI is InChI=1S/C24H24FN3O3/c1-3-30-19-13-11-17(12-14-19)26-24(29)23-15(2)22-20(5-4-6-21(22)31-23)28-27-18-9-7-16(25)8-10-18/h7-14,27H,3-6H2,1-2H3,(H,26,29)/b28-20+. The van der Waals surface area contributed by atoms with Gasteiger partial charge >= 0.3 is 0 Å². The summed E-state index contributed by atoms with van der Waals surface area (Å²) in [6.07, 6.45) is 2.40. The number of hydrogen-bond donors (Lipinski definition) is 2. The molecule has 0 unspecified atom stereocenters. The van der Waals surface area contributed by atoms with Gasteiger partial charge in [0.2, 0.25) is 0 Å². The van der Waals surface area contributed by atoms with E-state index in [1.54, 1.807) is 24.3 Å². The summed E-state index contributed by atoms with van der Waals surface area (Å²) in [6.45, 7) is 4.38. The maximum Gasteiger partial charge on any atom is 0.291 e. The van der Waals surface area contributed by atoms with E-state index in [0.717, 1.165) is 47.6 Å². The van der Waals surface area contributed by atoms with Gasteiger partial charge in [-0.05, 0) is 75.2 Å². The summed E-state index contributed by atoms with van der Waals surface area (Å²) in [7, 11) is 0. The molecule has 0 aliphatic heterocycles. The largest absolute Gasteiger partial charge is 0.494 e. The number of hydrogen-bond acceptors (Lipinski definition) is 5. The second kappa shape index (κ2) is 9.04. The Bertz CT molecular complexity index is 1100. The zero-order valence-corrected chi connectivity index (χ0v) is 17.5. The number of nitrogens with zero attached hydrogens (tertiary/aromatic N) is 1. The summed E-state index contributed by atoms with van der Waals surface area (Å²) in [4.78, 5) is 12.9. The highest BCUT2D eigenvalue weighted by molar-refractivity contribution is 6.09. The first-order chi connectivity index (χ1) is 15.0. The Morgan fingerprint density at radius 1 is 1.10 bits per heavy atom. The fourth-order valence-corrected chi connectivity index (χ4v) is 3.64. The summed E-state index contributed by atoms with van der Waals surface area (Å²) >= 11 is 0. The van der Waals surface area contributed by atoms with E-state index >= 15 is 0 Å². The lowest BCUT2D eigenvalue weighted by Gasteiger charge is -2.13. The SMILES string of the molecule is CCOc1ccc(NC(=O)c2oc3c(c2C)/C(=N/Nc2ccc(F)cc2)CCC3)cc1. The fraction of sp³-hybridized carbons (Fsp3) is 0.250. The smallest absolute Gasteiger partial charge is 0.291 e. The average molecular weight is 421 g/mol. The van der Waals surface area contributed by atoms with Gasteiger partial charge in [0.25, 0.3) is 5.91 Å². The minimum Gasteiger partial charge on any atom is -0.494 e. The number of aryl methyl sites for hydroxylation is 1. The molecule has 6 nitrogen and oxygen atoms in total. The van der Waals surface area contributed by atoms with Crippen molar-refractivity contribution in [2.24, 2.45) is 5.10 Å². The van der Waals surface area contributed by atoms with Crippen LogP contribution in [0.2, 0.25) is 0 Å². The van der Waals surface area contributed by atoms with E-state index in [1.165, 1.54) is 12.1 Å². The number of carbonyl (C=O) groups excluding carboxylic acids is 1. The van der Waals surface area contributed by atoms with E-state index in [9.17, 15) is 9.18 Å². The van der Waals surface area contributed by atoms with Gasteiger partial charge in [0.15, 0.2) is 5.76 Å². The highest BCUT2D eigenvalue weighted by Gasteiger charge is 2.28. The molecule has 2 aromatic carbocycles. The van der Waals surface area contributed by atoms with Crippen molar-refractivity contribution < 1.29 is 18.3 Å². The number of benzene rings is 2. The Balaban J connectivity index is 1.54. The predicted molar refractivity (Wildman–Crippen MR) is 119 cm³/mol. The number of ether oxygens (including phenoxy) is 1. The molecule has 0 bridgehead atoms. The van der Waals surface area contributed by atoms with Crippen molar-refractivity contribution >= 4 is 23.0 Å². The maximum absolute atomic E-state index is 13.1. The Morgan fingerprint density at radius 3 is 2.52 bits per heavy atom. The molecule has 1 aliphatic carbocycles. The molecule has 0 atom stereocenters. The molecule has 0 saturated carbocycles. The third-order valence-electron chi connectivity index (χ3n) is 5.12. The van der Waals surface area contributed by atoms with E-state index in [4.69, 9.17) is 9.15 Å². The predicted octanol–water partition coefficient (Wildman–Crippen LogP) is 5.53. The molecular weight excluding hydrogens is 397 g/mol. The van der Waals surface area contributed by atoms with Crippen LogP contribution >= 0.6 is 0 Å². The van der Waals surface area contributed by atoms with Crippen LogP contribution in [0.1, 0.15) is 47.2 Å². The summed E-state index contributed by atoms with van der Waals surface area (Å²) in [5.41, 5.74) is 6.78. The zero-order chi connectivity index (χ0) is 21.8. The van der Waals surface area contributed by atoms with Crippen molar-refractivity contribution in [3.05, 3.63) is 77.0 Å². The molecule has 1 aliphatic rings. The van der Waals surface area contributed by atoms with Crippen molar-refractivity contribution in [3.8, 4) is 5.75 Å². The average Bonchev–Trinajstić information content (AvgIpc) is 3.12. The lowest BCUT2D eigenvalue weighted by molar-refractivity contribution is 0.0994. The van der Waals surface area contributed by atoms with Crippen LogP contribution in [0.3, 0.4) is 0 Å². The molecule has 3 aromatic rings. The summed E-state index contributed by atoms with van der Waals surface area (Å²) in [5.74, 6) is 1.20. The van der Waals surface area contributed by atoms with Crippen LogP contribution in [0.5, 0.6) is 5.75 Å². The topological polar surface area (TPSA) is 75.9 Å². The highest BCUT2D eigenvalue weighted by atomic mass is 19.1. The molecule has 0 spiro atoms. The van der Waals surface area contributed by atoms with Gasteiger partial charge in [-0.1, -0.05) is 0 Å². The molecule has 0 radical (unpaired) electrons. The third-order valence-corrected chi connectivity index (χ3v) is 5.12. The molecule has 1 heterocycles. The number of fused-ring (bicyclic) bond motifs is 1. The first-order valence-corrected chi connectivity index (χ1v) is 10.3. The Morgan fingerprint density at radius 2 is 1.81 bits per heavy atom. The van der Waals surface area contributed by atoms with E-state index in [-0.39, 0.29) is 17.5 Å². The number of carbonyl (C=O) groups is 1. The minimum atomic E-state index is -0.304. The Hall–Kier alpha value is -3.61. The molecule has 1 aromatic heterocycles. The maximum atomic E-state index is 13.1. The van der Waals surface area contributed by atoms with Crippen LogP contribution in [-0.2, 0) is 6.42 Å². The molecule has 0 saturated heterocycles. The van der Waals surface area contributed by atoms with Crippen LogP contribution in [0.4, 0.5) is 15.8 Å². The van der Waals surface area contributed by atoms with E-state index in [2.05, 4.69) is 15.8 Å². The van der Waals surface area contributed by atoms with Crippen LogP contribution in [0.25, 0.3) is 0 Å². The van der Waals surface area contributed by atoms with Crippen LogP contribution in [0.15, 0.2) is 58.0 Å². The number of halogens is 1. The van der Waals surface area contributed by atoms with Gasteiger partial charge in [-0.3, -0.25) is 10.2 Å². The number of furan rings is 1. The monoisotopic (exact) mass is 421 g/mol. The van der Waals surface area contributed by atoms with Gasteiger partial charge in [0, 0.05) is 23.2 Å². The molecule has 31 heavy (non-hydrogen) atoms. The number of amides is 1. The molecule has 0 fully saturated rings. The van der Waals surface area contributed by atoms with E-state index in [0.29, 0.717) is 18.0 Å². The first-order valence-electron chi connectivity index (χ1n) is 10.3. The van der Waals surface area contributed by atoms with Crippen molar-refractivity contribution in [2.75, 3.05) is 17.3 Å². The molecular formula is C24H24FN3O3. The van der Waals surface area contributed by atoms with E-state index < -0.39 is 0 Å². The number of anilines is 2. The van der Waals surface area contributed by atoms with Gasteiger partial charge in [0.05, 0.1) is 18.0 Å². The molecule has 1 amide bonds. The van der Waals surface area contributed by atoms with Gasteiger partial charge in [-0.2, -0.15) is 5.10 Å². The fourth-order valence-electron chi connectivity index (χ4n) is 3.64. The molecule has 160 valence electrons. The number of nitrogens with one attached hydrogen (secondary N) is 2. The lowest BCUT2D eigenvalue weighted by atomic mass is 9.93. The first kappa shape index (κ1) is 20.7. The lowest BCUT2D eigenvalue weighted by Crippen LogP contribution is -2.14. The third kappa shape index (κ3) is 4.60. The van der Waals surface area contributed by atoms with Crippen LogP contribution < -0.4 is 15.5 Å². The molecule has 4 rings (SSSR count). The van der Waals surface area contributed by atoms with Crippen molar-refractivity contribution in [1.29, 1.82) is 0 Å². The van der Waals surface area contributed by atoms with Gasteiger partial charge in [0.1, 0.15) is 17.3 Å². The quantitative estimate of drug-likeness (QED) is 0.513. The highest BCUT2D eigenvalue weighted by Crippen LogP contribution is 2.30. The summed E-state index contributed by atoms with van der Waals surface area (Å²) in [6, 6.07) is 13.2. The number of hydrazone groups is 1. The Kier molecular flexibility index (Phi) is 6.02. The summed E-state index contributed by atoms with van der Waals surface area (Å²) in [5, 5.41) is 7.38. The summed E-state index contributed by atoms with van der Waals surface area (Å²) < 4.78 is 24.5. The number of rotatable bonds is 6. The second-order valence-electron chi connectivity index (χ2n) is 7.30. The van der Waals surface area contributed by atoms with E-state index in [1.807, 2.05) is 26.0 Å². The molecule has 2 N–H and O–H groups in total. The van der Waals surface area contributed by atoms with Gasteiger partial charge in [-0.25, -0.2) is 4.39 Å². The van der Waals surface area contributed by atoms with Crippen LogP contribution in [0, 0.1) is 12.7 Å². The second-order valence-corrected chi connectivity index (χ2v) is 7.30. The normalized spacial score (nSPS) is 14.2. The van der Waals surface area contributed by atoms with Crippen molar-refractivity contribution in [2.45, 2.75) is 33.1 Å². The van der Waals surface area contributed by atoms with Crippen molar-refractivity contribution in [1.82, 2.24) is 0 Å². The van der Waals surface area contributed by atoms with Crippen LogP contribution in [-0.4, -0.2) is 18.2 Å². The Labute approximate surface area is 180 Å². The molecule has 7 heteroatoms. The van der Waals surface area contributed by atoms with Gasteiger partial charge < -0.3 is 14.5 Å². The zero-order valence-electron chi connectivity index (χ0n) is 17.5. The van der Waals surface area contributed by atoms with Gasteiger partial charge in [-0.15, -0.1) is 0 Å².